The van der Waals surface area contributed by atoms with Crippen molar-refractivity contribution < 1.29 is 9.13 Å². The van der Waals surface area contributed by atoms with Crippen LogP contribution in [0, 0.1) is 12.7 Å². The third-order valence-corrected chi connectivity index (χ3v) is 3.67. The zero-order valence-corrected chi connectivity index (χ0v) is 11.6. The number of hydrogen-bond acceptors (Lipinski definition) is 2. The molecule has 1 aliphatic heterocycles. The van der Waals surface area contributed by atoms with E-state index < -0.39 is 0 Å². The van der Waals surface area contributed by atoms with Crippen LogP contribution in [0.2, 0.25) is 0 Å². The molecule has 3 heteroatoms. The maximum absolute atomic E-state index is 13.0. The van der Waals surface area contributed by atoms with E-state index in [1.165, 1.54) is 17.2 Å². The number of benzene rings is 2. The van der Waals surface area contributed by atoms with Gasteiger partial charge in [0.2, 0.25) is 0 Å². The Morgan fingerprint density at radius 2 is 2.10 bits per heavy atom. The highest BCUT2D eigenvalue weighted by molar-refractivity contribution is 5.50. The molecule has 0 aliphatic carbocycles. The van der Waals surface area contributed by atoms with Crippen molar-refractivity contribution in [1.82, 2.24) is 0 Å². The normalized spacial score (nSPS) is 12.9. The molecule has 104 valence electrons. The molecule has 0 atom stereocenters. The molecule has 0 fully saturated rings. The molecule has 1 aliphatic rings. The molecule has 0 bridgehead atoms. The molecule has 1 heterocycles. The van der Waals surface area contributed by atoms with Crippen LogP contribution in [0.1, 0.15) is 16.7 Å². The Kier molecular flexibility index (Phi) is 3.59. The minimum atomic E-state index is -0.188. The van der Waals surface area contributed by atoms with E-state index in [4.69, 9.17) is 4.74 Å². The van der Waals surface area contributed by atoms with E-state index in [1.54, 1.807) is 12.1 Å². The average Bonchev–Trinajstić information content (AvgIpc) is 2.89. The van der Waals surface area contributed by atoms with E-state index >= 15 is 0 Å². The molecule has 0 saturated carbocycles. The number of aryl methyl sites for hydroxylation is 1. The zero-order chi connectivity index (χ0) is 13.9. The van der Waals surface area contributed by atoms with Crippen LogP contribution in [0.15, 0.2) is 36.4 Å². The number of halogens is 1. The second kappa shape index (κ2) is 5.53. The van der Waals surface area contributed by atoms with Crippen molar-refractivity contribution in [2.75, 3.05) is 18.5 Å². The minimum absolute atomic E-state index is 0.188. The second-order valence-corrected chi connectivity index (χ2v) is 5.18. The van der Waals surface area contributed by atoms with Crippen molar-refractivity contribution in [2.24, 2.45) is 0 Å². The van der Waals surface area contributed by atoms with E-state index in [-0.39, 0.29) is 5.82 Å². The highest BCUT2D eigenvalue weighted by Crippen LogP contribution is 2.26. The maximum Gasteiger partial charge on any atom is 0.123 e. The van der Waals surface area contributed by atoms with Crippen LogP contribution < -0.4 is 10.1 Å². The fourth-order valence-electron chi connectivity index (χ4n) is 2.56. The van der Waals surface area contributed by atoms with E-state index in [2.05, 4.69) is 23.5 Å². The molecule has 20 heavy (non-hydrogen) atoms. The van der Waals surface area contributed by atoms with E-state index in [1.807, 2.05) is 6.92 Å². The first kappa shape index (κ1) is 13.0. The summed E-state index contributed by atoms with van der Waals surface area (Å²) in [5.74, 6) is 0.836. The second-order valence-electron chi connectivity index (χ2n) is 5.18. The highest BCUT2D eigenvalue weighted by Gasteiger charge is 2.11. The van der Waals surface area contributed by atoms with Crippen molar-refractivity contribution in [2.45, 2.75) is 19.8 Å². The van der Waals surface area contributed by atoms with Crippen molar-refractivity contribution in [3.8, 4) is 5.75 Å². The Bertz CT molecular complexity index is 624. The van der Waals surface area contributed by atoms with Gasteiger partial charge < -0.3 is 10.1 Å². The molecule has 2 aromatic rings. The molecule has 0 aromatic heterocycles. The fourth-order valence-corrected chi connectivity index (χ4v) is 2.56. The third kappa shape index (κ3) is 2.77. The van der Waals surface area contributed by atoms with E-state index in [0.29, 0.717) is 0 Å². The van der Waals surface area contributed by atoms with Crippen LogP contribution in [-0.4, -0.2) is 13.2 Å². The molecular formula is C17H18FNO. The summed E-state index contributed by atoms with van der Waals surface area (Å²) >= 11 is 0. The van der Waals surface area contributed by atoms with Crippen molar-refractivity contribution in [3.05, 3.63) is 58.9 Å². The first-order valence-corrected chi connectivity index (χ1v) is 6.97. The fraction of sp³-hybridized carbons (Fsp3) is 0.294. The lowest BCUT2D eigenvalue weighted by Gasteiger charge is -2.10. The number of nitrogens with one attached hydrogen (secondary N) is 1. The van der Waals surface area contributed by atoms with Gasteiger partial charge in [0.05, 0.1) is 6.61 Å². The van der Waals surface area contributed by atoms with E-state index in [0.717, 1.165) is 43.0 Å². The molecule has 1 N–H and O–H groups in total. The minimum Gasteiger partial charge on any atom is -0.493 e. The summed E-state index contributed by atoms with van der Waals surface area (Å²) in [6.45, 7) is 3.55. The van der Waals surface area contributed by atoms with E-state index in [9.17, 15) is 4.39 Å². The van der Waals surface area contributed by atoms with Crippen LogP contribution in [0.3, 0.4) is 0 Å². The quantitative estimate of drug-likeness (QED) is 0.915. The Balaban J connectivity index is 1.60. The predicted molar refractivity (Wildman–Crippen MR) is 79.0 cm³/mol. The molecule has 0 saturated heterocycles. The summed E-state index contributed by atoms with van der Waals surface area (Å²) < 4.78 is 18.5. The lowest BCUT2D eigenvalue weighted by Crippen LogP contribution is -2.06. The van der Waals surface area contributed by atoms with Gasteiger partial charge in [0.15, 0.2) is 0 Å². The van der Waals surface area contributed by atoms with Crippen LogP contribution in [-0.2, 0) is 12.8 Å². The zero-order valence-electron chi connectivity index (χ0n) is 11.6. The lowest BCUT2D eigenvalue weighted by molar-refractivity contribution is 0.357. The molecular weight excluding hydrogens is 253 g/mol. The monoisotopic (exact) mass is 271 g/mol. The highest BCUT2D eigenvalue weighted by atomic mass is 19.1. The summed E-state index contributed by atoms with van der Waals surface area (Å²) in [7, 11) is 0. The lowest BCUT2D eigenvalue weighted by atomic mass is 10.1. The smallest absolute Gasteiger partial charge is 0.123 e. The molecule has 0 amide bonds. The molecule has 2 aromatic carbocycles. The summed E-state index contributed by atoms with van der Waals surface area (Å²) in [6, 6.07) is 11.2. The Hall–Kier alpha value is -2.03. The predicted octanol–water partition coefficient (Wildman–Crippen LogP) is 3.72. The van der Waals surface area contributed by atoms with Crippen LogP contribution in [0.25, 0.3) is 0 Å². The third-order valence-electron chi connectivity index (χ3n) is 3.67. The average molecular weight is 271 g/mol. The topological polar surface area (TPSA) is 21.3 Å². The molecule has 0 spiro atoms. The Morgan fingerprint density at radius 1 is 1.20 bits per heavy atom. The number of fused-ring (bicyclic) bond motifs is 1. The van der Waals surface area contributed by atoms with Gasteiger partial charge >= 0.3 is 0 Å². The van der Waals surface area contributed by atoms with Crippen LogP contribution >= 0.6 is 0 Å². The number of ether oxygens (including phenoxy) is 1. The molecule has 0 radical (unpaired) electrons. The Morgan fingerprint density at radius 3 is 2.95 bits per heavy atom. The van der Waals surface area contributed by atoms with Gasteiger partial charge in [-0.2, -0.15) is 0 Å². The molecule has 0 unspecified atom stereocenters. The van der Waals surface area contributed by atoms with Crippen molar-refractivity contribution in [1.29, 1.82) is 0 Å². The summed E-state index contributed by atoms with van der Waals surface area (Å²) in [6.07, 6.45) is 1.96. The first-order valence-electron chi connectivity index (χ1n) is 6.97. The van der Waals surface area contributed by atoms with Gasteiger partial charge in [0.25, 0.3) is 0 Å². The number of hydrogen-bond donors (Lipinski definition) is 1. The SMILES string of the molecule is Cc1cc(F)ccc1NCCc1ccc2c(c1)CCO2. The van der Waals surface area contributed by atoms with Gasteiger partial charge in [0.1, 0.15) is 11.6 Å². The Labute approximate surface area is 118 Å². The van der Waals surface area contributed by atoms with Gasteiger partial charge in [-0.1, -0.05) is 12.1 Å². The van der Waals surface area contributed by atoms with Crippen LogP contribution in [0.5, 0.6) is 5.75 Å². The number of anilines is 1. The largest absolute Gasteiger partial charge is 0.493 e. The summed E-state index contributed by atoms with van der Waals surface area (Å²) in [5, 5.41) is 3.36. The van der Waals surface area contributed by atoms with Gasteiger partial charge in [-0.15, -0.1) is 0 Å². The molecule has 3 rings (SSSR count). The van der Waals surface area contributed by atoms with Crippen LogP contribution in [0.4, 0.5) is 10.1 Å². The number of rotatable bonds is 4. The molecule has 2 nitrogen and oxygen atoms in total. The standard InChI is InChI=1S/C17H18FNO/c1-12-10-15(18)3-4-16(12)19-8-6-13-2-5-17-14(11-13)7-9-20-17/h2-5,10-11,19H,6-9H2,1H3. The maximum atomic E-state index is 13.0. The first-order chi connectivity index (χ1) is 9.72. The van der Waals surface area contributed by atoms with Gasteiger partial charge in [-0.05, 0) is 54.3 Å². The van der Waals surface area contributed by atoms with Gasteiger partial charge in [-0.25, -0.2) is 4.39 Å². The van der Waals surface area contributed by atoms with Crippen molar-refractivity contribution in [3.63, 3.8) is 0 Å². The summed E-state index contributed by atoms with van der Waals surface area (Å²) in [4.78, 5) is 0. The van der Waals surface area contributed by atoms with Gasteiger partial charge in [0, 0.05) is 18.7 Å². The summed E-state index contributed by atoms with van der Waals surface area (Å²) in [5.41, 5.74) is 4.55. The van der Waals surface area contributed by atoms with Crippen molar-refractivity contribution >= 4 is 5.69 Å². The van der Waals surface area contributed by atoms with Gasteiger partial charge in [-0.3, -0.25) is 0 Å².